The molecular weight excluding hydrogens is 292 g/mol. The molecule has 1 heterocycles. The Morgan fingerprint density at radius 2 is 2.14 bits per heavy atom. The number of nitrogens with one attached hydrogen (secondary N) is 1. The predicted octanol–water partition coefficient (Wildman–Crippen LogP) is 2.47. The van der Waals surface area contributed by atoms with Gasteiger partial charge in [-0.2, -0.15) is 0 Å². The Balaban J connectivity index is 1.73. The van der Waals surface area contributed by atoms with Crippen molar-refractivity contribution < 1.29 is 14.7 Å². The first-order valence-electron chi connectivity index (χ1n) is 7.03. The molecule has 5 nitrogen and oxygen atoms in total. The second-order valence-electron chi connectivity index (χ2n) is 5.33. The highest BCUT2D eigenvalue weighted by Gasteiger charge is 2.24. The smallest absolute Gasteiger partial charge is 0.303 e. The van der Waals surface area contributed by atoms with Crippen molar-refractivity contribution in [2.75, 3.05) is 25.0 Å². The summed E-state index contributed by atoms with van der Waals surface area (Å²) in [6.07, 6.45) is 1.48. The number of carboxylic acid groups (broad SMARTS) is 1. The molecule has 21 heavy (non-hydrogen) atoms. The summed E-state index contributed by atoms with van der Waals surface area (Å²) >= 11 is 5.98. The number of carbonyl (C=O) groups excluding carboxylic acids is 1. The number of aliphatic carboxylic acids is 1. The molecule has 0 bridgehead atoms. The average Bonchev–Trinajstić information content (AvgIpc) is 2.86. The van der Waals surface area contributed by atoms with E-state index >= 15 is 0 Å². The first kappa shape index (κ1) is 15.8. The number of carbonyl (C=O) groups is 2. The monoisotopic (exact) mass is 310 g/mol. The Bertz CT molecular complexity index is 521. The van der Waals surface area contributed by atoms with E-state index in [0.29, 0.717) is 23.7 Å². The third-order valence-electron chi connectivity index (χ3n) is 3.64. The maximum atomic E-state index is 11.9. The molecule has 2 rings (SSSR count). The molecular formula is C15H19ClN2O3. The van der Waals surface area contributed by atoms with Crippen molar-refractivity contribution in [1.29, 1.82) is 0 Å². The number of rotatable bonds is 6. The summed E-state index contributed by atoms with van der Waals surface area (Å²) in [5.74, 6) is -0.628. The van der Waals surface area contributed by atoms with Crippen LogP contribution in [0.25, 0.3) is 0 Å². The number of carboxylic acids is 1. The summed E-state index contributed by atoms with van der Waals surface area (Å²) in [4.78, 5) is 24.7. The van der Waals surface area contributed by atoms with Gasteiger partial charge in [0.25, 0.3) is 0 Å². The third-order valence-corrected chi connectivity index (χ3v) is 3.97. The van der Waals surface area contributed by atoms with Crippen molar-refractivity contribution in [2.45, 2.75) is 19.3 Å². The summed E-state index contributed by atoms with van der Waals surface area (Å²) in [5, 5.41) is 12.1. The molecule has 1 fully saturated rings. The molecule has 1 saturated heterocycles. The molecule has 0 saturated carbocycles. The summed E-state index contributed by atoms with van der Waals surface area (Å²) in [6, 6.07) is 7.12. The maximum absolute atomic E-state index is 11.9. The molecule has 0 aromatic heterocycles. The van der Waals surface area contributed by atoms with Gasteiger partial charge in [-0.1, -0.05) is 23.7 Å². The number of benzene rings is 1. The zero-order valence-corrected chi connectivity index (χ0v) is 12.5. The van der Waals surface area contributed by atoms with Gasteiger partial charge in [0.2, 0.25) is 5.91 Å². The summed E-state index contributed by atoms with van der Waals surface area (Å²) in [7, 11) is 0. The quantitative estimate of drug-likeness (QED) is 0.847. The number of para-hydroxylation sites is 1. The Labute approximate surface area is 128 Å². The summed E-state index contributed by atoms with van der Waals surface area (Å²) in [5.41, 5.74) is 0.620. The van der Waals surface area contributed by atoms with E-state index in [-0.39, 0.29) is 18.2 Å². The van der Waals surface area contributed by atoms with Crippen molar-refractivity contribution in [2.24, 2.45) is 5.92 Å². The lowest BCUT2D eigenvalue weighted by Gasteiger charge is -2.15. The van der Waals surface area contributed by atoms with E-state index in [9.17, 15) is 9.59 Å². The van der Waals surface area contributed by atoms with Gasteiger partial charge in [-0.3, -0.25) is 9.59 Å². The van der Waals surface area contributed by atoms with Crippen molar-refractivity contribution in [1.82, 2.24) is 4.90 Å². The van der Waals surface area contributed by atoms with Gasteiger partial charge in [-0.05, 0) is 31.0 Å². The van der Waals surface area contributed by atoms with Gasteiger partial charge in [-0.25, -0.2) is 0 Å². The third kappa shape index (κ3) is 5.02. The van der Waals surface area contributed by atoms with E-state index in [1.54, 1.807) is 12.1 Å². The topological polar surface area (TPSA) is 69.6 Å². The lowest BCUT2D eigenvalue weighted by atomic mass is 10.1. The highest BCUT2D eigenvalue weighted by atomic mass is 35.5. The maximum Gasteiger partial charge on any atom is 0.303 e. The molecule has 1 aliphatic rings. The average molecular weight is 311 g/mol. The molecule has 6 heteroatoms. The van der Waals surface area contributed by atoms with Crippen LogP contribution in [0.4, 0.5) is 5.69 Å². The molecule has 0 radical (unpaired) electrons. The van der Waals surface area contributed by atoms with Crippen LogP contribution < -0.4 is 5.32 Å². The molecule has 114 valence electrons. The van der Waals surface area contributed by atoms with Gasteiger partial charge >= 0.3 is 5.97 Å². The second kappa shape index (κ2) is 7.43. The molecule has 1 unspecified atom stereocenters. The number of hydrogen-bond acceptors (Lipinski definition) is 3. The van der Waals surface area contributed by atoms with E-state index in [1.807, 2.05) is 12.1 Å². The molecule has 1 atom stereocenters. The van der Waals surface area contributed by atoms with Crippen molar-refractivity contribution in [3.8, 4) is 0 Å². The fraction of sp³-hybridized carbons (Fsp3) is 0.467. The molecule has 1 aromatic carbocycles. The fourth-order valence-corrected chi connectivity index (χ4v) is 2.75. The van der Waals surface area contributed by atoms with Gasteiger partial charge in [0.05, 0.1) is 10.7 Å². The zero-order valence-electron chi connectivity index (χ0n) is 11.7. The van der Waals surface area contributed by atoms with Gasteiger partial charge < -0.3 is 15.3 Å². The zero-order chi connectivity index (χ0) is 15.2. The van der Waals surface area contributed by atoms with Gasteiger partial charge in [-0.15, -0.1) is 0 Å². The SMILES string of the molecule is O=C(O)CC1CCN(CCC(=O)Nc2ccccc2Cl)C1. The van der Waals surface area contributed by atoms with Gasteiger partial charge in [0.1, 0.15) is 0 Å². The minimum Gasteiger partial charge on any atom is -0.481 e. The number of halogens is 1. The van der Waals surface area contributed by atoms with Crippen LogP contribution in [0, 0.1) is 5.92 Å². The largest absolute Gasteiger partial charge is 0.481 e. The van der Waals surface area contributed by atoms with E-state index in [0.717, 1.165) is 19.5 Å². The molecule has 1 aromatic rings. The summed E-state index contributed by atoms with van der Waals surface area (Å²) in [6.45, 7) is 2.26. The first-order valence-corrected chi connectivity index (χ1v) is 7.41. The van der Waals surface area contributed by atoms with Gasteiger partial charge in [0, 0.05) is 25.9 Å². The fourth-order valence-electron chi connectivity index (χ4n) is 2.56. The van der Waals surface area contributed by atoms with Crippen molar-refractivity contribution in [3.05, 3.63) is 29.3 Å². The number of anilines is 1. The van der Waals surface area contributed by atoms with Crippen LogP contribution in [-0.4, -0.2) is 41.5 Å². The van der Waals surface area contributed by atoms with Crippen LogP contribution in [0.5, 0.6) is 0 Å². The van der Waals surface area contributed by atoms with Crippen LogP contribution in [-0.2, 0) is 9.59 Å². The van der Waals surface area contributed by atoms with E-state index in [4.69, 9.17) is 16.7 Å². The molecule has 0 aliphatic carbocycles. The molecule has 1 amide bonds. The van der Waals surface area contributed by atoms with Crippen LogP contribution in [0.2, 0.25) is 5.02 Å². The highest BCUT2D eigenvalue weighted by Crippen LogP contribution is 2.21. The Hall–Kier alpha value is -1.59. The van der Waals surface area contributed by atoms with Gasteiger partial charge in [0.15, 0.2) is 0 Å². The van der Waals surface area contributed by atoms with Crippen LogP contribution >= 0.6 is 11.6 Å². The van der Waals surface area contributed by atoms with E-state index < -0.39 is 5.97 Å². The lowest BCUT2D eigenvalue weighted by Crippen LogP contribution is -2.26. The number of hydrogen-bond donors (Lipinski definition) is 2. The number of nitrogens with zero attached hydrogens (tertiary/aromatic N) is 1. The summed E-state index contributed by atoms with van der Waals surface area (Å²) < 4.78 is 0. The Morgan fingerprint density at radius 3 is 2.86 bits per heavy atom. The first-order chi connectivity index (χ1) is 10.0. The van der Waals surface area contributed by atoms with Crippen molar-refractivity contribution >= 4 is 29.2 Å². The predicted molar refractivity (Wildman–Crippen MR) is 81.5 cm³/mol. The molecule has 1 aliphatic heterocycles. The Kier molecular flexibility index (Phi) is 5.59. The molecule has 2 N–H and O–H groups in total. The van der Waals surface area contributed by atoms with E-state index in [1.165, 1.54) is 0 Å². The second-order valence-corrected chi connectivity index (χ2v) is 5.74. The Morgan fingerprint density at radius 1 is 1.38 bits per heavy atom. The number of amides is 1. The molecule has 0 spiro atoms. The standard InChI is InChI=1S/C15H19ClN2O3/c16-12-3-1-2-4-13(12)17-14(19)6-8-18-7-5-11(10-18)9-15(20)21/h1-4,11H,5-10H2,(H,17,19)(H,20,21). The normalized spacial score (nSPS) is 18.6. The minimum atomic E-state index is -0.752. The van der Waals surface area contributed by atoms with Crippen LogP contribution in [0.3, 0.4) is 0 Å². The van der Waals surface area contributed by atoms with Crippen molar-refractivity contribution in [3.63, 3.8) is 0 Å². The highest BCUT2D eigenvalue weighted by molar-refractivity contribution is 6.33. The van der Waals surface area contributed by atoms with Crippen LogP contribution in [0.1, 0.15) is 19.3 Å². The lowest BCUT2D eigenvalue weighted by molar-refractivity contribution is -0.138. The van der Waals surface area contributed by atoms with E-state index in [2.05, 4.69) is 10.2 Å². The minimum absolute atomic E-state index is 0.0789. The number of likely N-dealkylation sites (tertiary alicyclic amines) is 1. The van der Waals surface area contributed by atoms with Crippen LogP contribution in [0.15, 0.2) is 24.3 Å².